The van der Waals surface area contributed by atoms with E-state index in [1.54, 1.807) is 0 Å². The Labute approximate surface area is 139 Å². The van der Waals surface area contributed by atoms with Gasteiger partial charge in [0.2, 0.25) is 10.0 Å². The van der Waals surface area contributed by atoms with E-state index in [-0.39, 0.29) is 11.5 Å². The summed E-state index contributed by atoms with van der Waals surface area (Å²) in [5.74, 6) is 1.40. The van der Waals surface area contributed by atoms with Crippen LogP contribution in [0.4, 0.5) is 0 Å². The normalized spacial score (nSPS) is 23.4. The van der Waals surface area contributed by atoms with E-state index in [1.165, 1.54) is 43.1 Å². The molecule has 0 amide bonds. The van der Waals surface area contributed by atoms with E-state index in [9.17, 15) is 8.42 Å². The van der Waals surface area contributed by atoms with Crippen LogP contribution in [0.15, 0.2) is 14.7 Å². The third kappa shape index (κ3) is 4.76. The minimum Gasteiger partial charge on any atom is -0.391 e. The highest BCUT2D eigenvalue weighted by Gasteiger charge is 2.22. The minimum atomic E-state index is -3.49. The van der Waals surface area contributed by atoms with Crippen molar-refractivity contribution in [3.8, 4) is 0 Å². The Balaban J connectivity index is 1.90. The molecule has 1 aromatic rings. The smallest absolute Gasteiger partial charge is 0.242 e. The molecule has 2 N–H and O–H groups in total. The number of halogens is 1. The first-order valence-corrected chi connectivity index (χ1v) is 10.4. The van der Waals surface area contributed by atoms with Crippen LogP contribution in [0.2, 0.25) is 0 Å². The molecule has 0 aliphatic heterocycles. The zero-order chi connectivity index (χ0) is 15.5. The Morgan fingerprint density at radius 3 is 2.86 bits per heavy atom. The van der Waals surface area contributed by atoms with Gasteiger partial charge in [-0.05, 0) is 46.7 Å². The highest BCUT2D eigenvalue weighted by Crippen LogP contribution is 2.32. The number of nitrogens with one attached hydrogen (secondary N) is 1. The molecule has 0 aromatic carbocycles. The monoisotopic (exact) mass is 395 g/mol. The predicted octanol–water partition coefficient (Wildman–Crippen LogP) is 3.50. The van der Waals surface area contributed by atoms with Crippen molar-refractivity contribution in [3.63, 3.8) is 0 Å². The van der Waals surface area contributed by atoms with Crippen LogP contribution >= 0.6 is 27.3 Å². The molecular formula is C14H22BrNO3S2. The first-order valence-electron chi connectivity index (χ1n) is 7.31. The molecule has 21 heavy (non-hydrogen) atoms. The van der Waals surface area contributed by atoms with Gasteiger partial charge in [-0.2, -0.15) is 0 Å². The second-order valence-corrected chi connectivity index (χ2v) is 10.0. The lowest BCUT2D eigenvalue weighted by Crippen LogP contribution is -2.27. The van der Waals surface area contributed by atoms with Crippen molar-refractivity contribution in [2.24, 2.45) is 11.8 Å². The van der Waals surface area contributed by atoms with Gasteiger partial charge in [-0.25, -0.2) is 13.1 Å². The quantitative estimate of drug-likeness (QED) is 0.774. The van der Waals surface area contributed by atoms with Crippen LogP contribution in [-0.4, -0.2) is 20.1 Å². The third-order valence-corrected chi connectivity index (χ3v) is 7.74. The van der Waals surface area contributed by atoms with Crippen LogP contribution in [0.1, 0.15) is 43.9 Å². The maximum atomic E-state index is 12.3. The Kier molecular flexibility index (Phi) is 6.25. The molecule has 0 radical (unpaired) electrons. The Morgan fingerprint density at radius 2 is 2.24 bits per heavy atom. The first kappa shape index (κ1) is 17.4. The maximum absolute atomic E-state index is 12.3. The first-order chi connectivity index (χ1) is 9.92. The summed E-state index contributed by atoms with van der Waals surface area (Å²) in [6.07, 6.45) is 5.88. The molecule has 4 nitrogen and oxygen atoms in total. The van der Waals surface area contributed by atoms with Gasteiger partial charge in [0.15, 0.2) is 0 Å². The summed E-state index contributed by atoms with van der Waals surface area (Å²) >= 11 is 4.51. The fraction of sp³-hybridized carbons (Fsp3) is 0.714. The SMILES string of the molecule is CC1CCCC(CCNS(=O)(=O)c2cc(CO)sc2Br)C1. The average molecular weight is 396 g/mol. The summed E-state index contributed by atoms with van der Waals surface area (Å²) in [4.78, 5) is 0.872. The van der Waals surface area contributed by atoms with Gasteiger partial charge in [-0.1, -0.05) is 26.2 Å². The molecule has 0 saturated heterocycles. The molecule has 7 heteroatoms. The molecular weight excluding hydrogens is 374 g/mol. The number of sulfonamides is 1. The summed E-state index contributed by atoms with van der Waals surface area (Å²) in [7, 11) is -3.49. The highest BCUT2D eigenvalue weighted by atomic mass is 79.9. The summed E-state index contributed by atoms with van der Waals surface area (Å²) in [5, 5.41) is 9.09. The van der Waals surface area contributed by atoms with Crippen molar-refractivity contribution < 1.29 is 13.5 Å². The molecule has 2 rings (SSSR count). The van der Waals surface area contributed by atoms with Crippen LogP contribution in [0.5, 0.6) is 0 Å². The lowest BCUT2D eigenvalue weighted by Gasteiger charge is -2.26. The third-order valence-electron chi connectivity index (χ3n) is 4.04. The van der Waals surface area contributed by atoms with E-state index in [1.807, 2.05) is 0 Å². The second kappa shape index (κ2) is 7.55. The van der Waals surface area contributed by atoms with E-state index >= 15 is 0 Å². The van der Waals surface area contributed by atoms with Gasteiger partial charge < -0.3 is 5.11 Å². The summed E-state index contributed by atoms with van der Waals surface area (Å²) in [6.45, 7) is 2.62. The summed E-state index contributed by atoms with van der Waals surface area (Å²) in [6, 6.07) is 1.53. The van der Waals surface area contributed by atoms with Crippen molar-refractivity contribution in [1.29, 1.82) is 0 Å². The number of hydrogen-bond acceptors (Lipinski definition) is 4. The summed E-state index contributed by atoms with van der Waals surface area (Å²) in [5.41, 5.74) is 0. The van der Waals surface area contributed by atoms with Gasteiger partial charge in [0.1, 0.15) is 4.90 Å². The molecule has 1 saturated carbocycles. The van der Waals surface area contributed by atoms with E-state index < -0.39 is 10.0 Å². The predicted molar refractivity (Wildman–Crippen MR) is 88.9 cm³/mol. The van der Waals surface area contributed by atoms with Crippen molar-refractivity contribution >= 4 is 37.3 Å². The highest BCUT2D eigenvalue weighted by molar-refractivity contribution is 9.11. The van der Waals surface area contributed by atoms with Crippen molar-refractivity contribution in [1.82, 2.24) is 4.72 Å². The van der Waals surface area contributed by atoms with Crippen LogP contribution in [-0.2, 0) is 16.6 Å². The second-order valence-electron chi connectivity index (χ2n) is 5.83. The van der Waals surface area contributed by atoms with Crippen LogP contribution in [0, 0.1) is 11.8 Å². The van der Waals surface area contributed by atoms with Crippen LogP contribution in [0.25, 0.3) is 0 Å². The standard InChI is InChI=1S/C14H22BrNO3S2/c1-10-3-2-4-11(7-10)5-6-16-21(18,19)13-8-12(9-17)20-14(13)15/h8,10-11,16-17H,2-7,9H2,1H3. The van der Waals surface area contributed by atoms with Gasteiger partial charge in [0.05, 0.1) is 10.4 Å². The van der Waals surface area contributed by atoms with E-state index in [0.717, 1.165) is 12.3 Å². The van der Waals surface area contributed by atoms with E-state index in [2.05, 4.69) is 27.6 Å². The van der Waals surface area contributed by atoms with Gasteiger partial charge in [0, 0.05) is 11.4 Å². The van der Waals surface area contributed by atoms with Gasteiger partial charge >= 0.3 is 0 Å². The van der Waals surface area contributed by atoms with Gasteiger partial charge in [0.25, 0.3) is 0 Å². The molecule has 0 spiro atoms. The average Bonchev–Trinajstić information content (AvgIpc) is 2.81. The van der Waals surface area contributed by atoms with Gasteiger partial charge in [-0.15, -0.1) is 11.3 Å². The number of hydrogen-bond donors (Lipinski definition) is 2. The number of aliphatic hydroxyl groups is 1. The Bertz CT molecular complexity index is 571. The summed E-state index contributed by atoms with van der Waals surface area (Å²) < 4.78 is 27.8. The Hall–Kier alpha value is 0.0500. The molecule has 1 heterocycles. The van der Waals surface area contributed by atoms with Gasteiger partial charge in [-0.3, -0.25) is 0 Å². The largest absolute Gasteiger partial charge is 0.391 e. The van der Waals surface area contributed by atoms with Crippen molar-refractivity contribution in [2.45, 2.75) is 50.5 Å². The zero-order valence-corrected chi connectivity index (χ0v) is 15.4. The fourth-order valence-electron chi connectivity index (χ4n) is 2.96. The molecule has 0 bridgehead atoms. The lowest BCUT2D eigenvalue weighted by molar-refractivity contribution is 0.271. The van der Waals surface area contributed by atoms with Crippen molar-refractivity contribution in [2.75, 3.05) is 6.54 Å². The van der Waals surface area contributed by atoms with Crippen LogP contribution in [0.3, 0.4) is 0 Å². The molecule has 1 aliphatic rings. The molecule has 120 valence electrons. The lowest BCUT2D eigenvalue weighted by atomic mass is 9.81. The minimum absolute atomic E-state index is 0.140. The number of aliphatic hydroxyl groups excluding tert-OH is 1. The number of thiophene rings is 1. The van der Waals surface area contributed by atoms with E-state index in [4.69, 9.17) is 5.11 Å². The topological polar surface area (TPSA) is 66.4 Å². The Morgan fingerprint density at radius 1 is 1.48 bits per heavy atom. The zero-order valence-electron chi connectivity index (χ0n) is 12.1. The fourth-order valence-corrected chi connectivity index (χ4v) is 6.54. The molecule has 1 aliphatic carbocycles. The molecule has 2 unspecified atom stereocenters. The number of rotatable bonds is 6. The molecule has 2 atom stereocenters. The molecule has 1 fully saturated rings. The van der Waals surface area contributed by atoms with Crippen LogP contribution < -0.4 is 4.72 Å². The van der Waals surface area contributed by atoms with E-state index in [0.29, 0.717) is 21.1 Å². The molecule has 1 aromatic heterocycles. The maximum Gasteiger partial charge on any atom is 0.242 e. The van der Waals surface area contributed by atoms with Crippen molar-refractivity contribution in [3.05, 3.63) is 14.7 Å².